The second-order valence-electron chi connectivity index (χ2n) is 7.17. The van der Waals surface area contributed by atoms with Crippen LogP contribution >= 0.6 is 23.2 Å². The van der Waals surface area contributed by atoms with Crippen molar-refractivity contribution in [2.75, 3.05) is 0 Å². The SMILES string of the molecule is CC1(C)OB(c2cccc3oc4c(Cl)cc(Cl)cc4c23)OC1(C)C. The zero-order chi connectivity index (χ0) is 17.3. The van der Waals surface area contributed by atoms with E-state index in [9.17, 15) is 0 Å². The molecule has 1 aliphatic rings. The summed E-state index contributed by atoms with van der Waals surface area (Å²) in [5.74, 6) is 0. The molecule has 0 amide bonds. The van der Waals surface area contributed by atoms with Crippen molar-refractivity contribution in [1.82, 2.24) is 0 Å². The molecule has 4 rings (SSSR count). The van der Waals surface area contributed by atoms with E-state index in [4.69, 9.17) is 36.9 Å². The monoisotopic (exact) mass is 362 g/mol. The van der Waals surface area contributed by atoms with Crippen LogP contribution in [0.5, 0.6) is 0 Å². The zero-order valence-corrected chi connectivity index (χ0v) is 15.5. The van der Waals surface area contributed by atoms with E-state index in [-0.39, 0.29) is 0 Å². The van der Waals surface area contributed by atoms with Gasteiger partial charge in [-0.3, -0.25) is 0 Å². The van der Waals surface area contributed by atoms with E-state index in [0.717, 1.165) is 21.8 Å². The second-order valence-corrected chi connectivity index (χ2v) is 8.02. The Morgan fingerprint density at radius 1 is 0.958 bits per heavy atom. The summed E-state index contributed by atoms with van der Waals surface area (Å²) in [6, 6.07) is 9.38. The predicted molar refractivity (Wildman–Crippen MR) is 99.5 cm³/mol. The third kappa shape index (κ3) is 2.28. The van der Waals surface area contributed by atoms with Crippen LogP contribution in [0.3, 0.4) is 0 Å². The van der Waals surface area contributed by atoms with Crippen LogP contribution < -0.4 is 5.46 Å². The van der Waals surface area contributed by atoms with Crippen molar-refractivity contribution in [2.45, 2.75) is 38.9 Å². The largest absolute Gasteiger partial charge is 0.495 e. The molecule has 2 aromatic carbocycles. The summed E-state index contributed by atoms with van der Waals surface area (Å²) in [5, 5.41) is 2.86. The van der Waals surface area contributed by atoms with Crippen molar-refractivity contribution in [2.24, 2.45) is 0 Å². The summed E-state index contributed by atoms with van der Waals surface area (Å²) in [6.45, 7) is 8.14. The van der Waals surface area contributed by atoms with E-state index in [0.29, 0.717) is 15.6 Å². The molecule has 24 heavy (non-hydrogen) atoms. The van der Waals surface area contributed by atoms with Crippen LogP contribution in [0.4, 0.5) is 0 Å². The van der Waals surface area contributed by atoms with Crippen LogP contribution in [0.2, 0.25) is 10.0 Å². The molecule has 6 heteroatoms. The number of halogens is 2. The van der Waals surface area contributed by atoms with Crippen molar-refractivity contribution in [3.8, 4) is 0 Å². The molecule has 0 bridgehead atoms. The first-order valence-corrected chi connectivity index (χ1v) is 8.61. The summed E-state index contributed by atoms with van der Waals surface area (Å²) in [7, 11) is -0.475. The van der Waals surface area contributed by atoms with E-state index < -0.39 is 18.3 Å². The average Bonchev–Trinajstić information content (AvgIpc) is 2.94. The van der Waals surface area contributed by atoms with Gasteiger partial charge < -0.3 is 13.7 Å². The van der Waals surface area contributed by atoms with Gasteiger partial charge in [0.1, 0.15) is 5.58 Å². The first-order chi connectivity index (χ1) is 11.2. The smallest absolute Gasteiger partial charge is 0.455 e. The molecule has 0 aliphatic carbocycles. The van der Waals surface area contributed by atoms with Gasteiger partial charge in [0.05, 0.1) is 16.2 Å². The first-order valence-electron chi connectivity index (χ1n) is 7.85. The minimum Gasteiger partial charge on any atom is -0.455 e. The molecule has 1 aliphatic heterocycles. The topological polar surface area (TPSA) is 31.6 Å². The minimum absolute atomic E-state index is 0.408. The summed E-state index contributed by atoms with van der Waals surface area (Å²) in [6.07, 6.45) is 0. The van der Waals surface area contributed by atoms with Crippen LogP contribution in [-0.4, -0.2) is 18.3 Å². The molecule has 3 nitrogen and oxygen atoms in total. The third-order valence-corrected chi connectivity index (χ3v) is 5.55. The van der Waals surface area contributed by atoms with Crippen molar-refractivity contribution in [3.05, 3.63) is 40.4 Å². The van der Waals surface area contributed by atoms with E-state index in [2.05, 4.69) is 0 Å². The highest BCUT2D eigenvalue weighted by atomic mass is 35.5. The normalized spacial score (nSPS) is 19.5. The van der Waals surface area contributed by atoms with Crippen molar-refractivity contribution >= 4 is 57.7 Å². The molecule has 0 saturated carbocycles. The molecular weight excluding hydrogens is 346 g/mol. The van der Waals surface area contributed by atoms with Crippen LogP contribution in [0.15, 0.2) is 34.7 Å². The van der Waals surface area contributed by atoms with Gasteiger partial charge in [-0.15, -0.1) is 0 Å². The number of rotatable bonds is 1. The lowest BCUT2D eigenvalue weighted by Gasteiger charge is -2.32. The van der Waals surface area contributed by atoms with Gasteiger partial charge in [-0.1, -0.05) is 35.3 Å². The minimum atomic E-state index is -0.475. The van der Waals surface area contributed by atoms with Gasteiger partial charge in [0.15, 0.2) is 5.58 Å². The highest BCUT2D eigenvalue weighted by Crippen LogP contribution is 2.39. The van der Waals surface area contributed by atoms with Gasteiger partial charge in [-0.2, -0.15) is 0 Å². The Hall–Kier alpha value is -1.20. The molecule has 0 N–H and O–H groups in total. The third-order valence-electron chi connectivity index (χ3n) is 5.06. The Morgan fingerprint density at radius 2 is 1.62 bits per heavy atom. The lowest BCUT2D eigenvalue weighted by molar-refractivity contribution is 0.00578. The summed E-state index contributed by atoms with van der Waals surface area (Å²) >= 11 is 12.5. The van der Waals surface area contributed by atoms with E-state index in [1.165, 1.54) is 0 Å². The van der Waals surface area contributed by atoms with Gasteiger partial charge in [-0.25, -0.2) is 0 Å². The fraction of sp³-hybridized carbons (Fsp3) is 0.333. The summed E-state index contributed by atoms with van der Waals surface area (Å²) < 4.78 is 18.4. The van der Waals surface area contributed by atoms with Gasteiger partial charge in [-0.05, 0) is 51.4 Å². The summed E-state index contributed by atoms with van der Waals surface area (Å²) in [5.41, 5.74) is 1.47. The fourth-order valence-corrected chi connectivity index (χ4v) is 3.58. The van der Waals surface area contributed by atoms with Crippen LogP contribution in [0.1, 0.15) is 27.7 Å². The number of hydrogen-bond donors (Lipinski definition) is 0. The van der Waals surface area contributed by atoms with Gasteiger partial charge in [0.2, 0.25) is 0 Å². The molecular formula is C18H17BCl2O3. The molecule has 0 unspecified atom stereocenters. The Bertz CT molecular complexity index is 946. The van der Waals surface area contributed by atoms with Crippen LogP contribution in [0.25, 0.3) is 21.9 Å². The van der Waals surface area contributed by atoms with Gasteiger partial charge in [0.25, 0.3) is 0 Å². The van der Waals surface area contributed by atoms with Crippen LogP contribution in [-0.2, 0) is 9.31 Å². The molecule has 2 heterocycles. The maximum Gasteiger partial charge on any atom is 0.495 e. The molecule has 0 radical (unpaired) electrons. The Balaban J connectivity index is 1.97. The quantitative estimate of drug-likeness (QED) is 0.558. The molecule has 124 valence electrons. The zero-order valence-electron chi connectivity index (χ0n) is 13.9. The standard InChI is InChI=1S/C18H17BCl2O3/c1-17(2)18(3,4)24-19(23-17)12-6-5-7-14-15(12)11-8-10(20)9-13(21)16(11)22-14/h5-9H,1-4H3. The number of benzene rings is 2. The van der Waals surface area contributed by atoms with Crippen molar-refractivity contribution in [1.29, 1.82) is 0 Å². The van der Waals surface area contributed by atoms with E-state index in [1.54, 1.807) is 6.07 Å². The van der Waals surface area contributed by atoms with Gasteiger partial charge in [0, 0.05) is 15.8 Å². The molecule has 1 fully saturated rings. The molecule has 0 spiro atoms. The molecule has 1 saturated heterocycles. The maximum atomic E-state index is 6.30. The molecule has 3 aromatic rings. The maximum absolute atomic E-state index is 6.30. The van der Waals surface area contributed by atoms with E-state index in [1.807, 2.05) is 52.0 Å². The highest BCUT2D eigenvalue weighted by molar-refractivity contribution is 6.66. The Kier molecular flexibility index (Phi) is 3.49. The van der Waals surface area contributed by atoms with Crippen LogP contribution in [0, 0.1) is 0 Å². The number of furan rings is 1. The lowest BCUT2D eigenvalue weighted by Crippen LogP contribution is -2.41. The van der Waals surface area contributed by atoms with Gasteiger partial charge >= 0.3 is 7.12 Å². The lowest BCUT2D eigenvalue weighted by atomic mass is 9.76. The molecule has 1 aromatic heterocycles. The van der Waals surface area contributed by atoms with Crippen molar-refractivity contribution < 1.29 is 13.7 Å². The first kappa shape index (κ1) is 16.3. The molecule has 0 atom stereocenters. The average molecular weight is 363 g/mol. The Labute approximate surface area is 150 Å². The predicted octanol–water partition coefficient (Wildman–Crippen LogP) is 5.19. The second kappa shape index (κ2) is 5.15. The number of hydrogen-bond acceptors (Lipinski definition) is 3. The van der Waals surface area contributed by atoms with E-state index >= 15 is 0 Å². The summed E-state index contributed by atoms with van der Waals surface area (Å²) in [4.78, 5) is 0. The Morgan fingerprint density at radius 3 is 2.29 bits per heavy atom. The highest BCUT2D eigenvalue weighted by Gasteiger charge is 2.52. The fourth-order valence-electron chi connectivity index (χ4n) is 3.05. The number of fused-ring (bicyclic) bond motifs is 3. The van der Waals surface area contributed by atoms with Crippen molar-refractivity contribution in [3.63, 3.8) is 0 Å².